The summed E-state index contributed by atoms with van der Waals surface area (Å²) < 4.78 is 4.69. The van der Waals surface area contributed by atoms with Crippen LogP contribution in [-0.4, -0.2) is 44.2 Å². The highest BCUT2D eigenvalue weighted by Gasteiger charge is 2.17. The van der Waals surface area contributed by atoms with E-state index in [0.29, 0.717) is 11.5 Å². The quantitative estimate of drug-likeness (QED) is 0.832. The fraction of sp³-hybridized carbons (Fsp3) is 0.562. The summed E-state index contributed by atoms with van der Waals surface area (Å²) >= 11 is 0. The molecule has 0 saturated carbocycles. The average molecular weight is 276 g/mol. The van der Waals surface area contributed by atoms with Gasteiger partial charge in [0.1, 0.15) is 0 Å². The van der Waals surface area contributed by atoms with Crippen LogP contribution in [0, 0.1) is 5.92 Å². The summed E-state index contributed by atoms with van der Waals surface area (Å²) in [7, 11) is 1.40. The standard InChI is InChI=1S/C16H24N2O2/c1-20-16(19)15-4-2-13(3-5-15)6-9-18-10-7-14(12-17)8-11-18/h2-5,14H,6-12,17H2,1H3. The van der Waals surface area contributed by atoms with Crippen molar-refractivity contribution < 1.29 is 9.53 Å². The highest BCUT2D eigenvalue weighted by molar-refractivity contribution is 5.89. The van der Waals surface area contributed by atoms with Crippen molar-refractivity contribution in [2.75, 3.05) is 33.3 Å². The molecule has 1 saturated heterocycles. The third kappa shape index (κ3) is 4.05. The Bertz CT molecular complexity index is 423. The van der Waals surface area contributed by atoms with Gasteiger partial charge in [0.05, 0.1) is 12.7 Å². The van der Waals surface area contributed by atoms with Crippen LogP contribution in [0.1, 0.15) is 28.8 Å². The summed E-state index contributed by atoms with van der Waals surface area (Å²) in [6, 6.07) is 7.70. The zero-order valence-electron chi connectivity index (χ0n) is 12.2. The molecule has 0 unspecified atom stereocenters. The normalized spacial score (nSPS) is 17.1. The van der Waals surface area contributed by atoms with E-state index < -0.39 is 0 Å². The summed E-state index contributed by atoms with van der Waals surface area (Å²) in [6.07, 6.45) is 3.46. The third-order valence-corrected chi connectivity index (χ3v) is 4.13. The maximum absolute atomic E-state index is 11.3. The van der Waals surface area contributed by atoms with Crippen LogP contribution < -0.4 is 5.73 Å². The van der Waals surface area contributed by atoms with Gasteiger partial charge in [0.25, 0.3) is 0 Å². The van der Waals surface area contributed by atoms with Crippen LogP contribution in [0.4, 0.5) is 0 Å². The van der Waals surface area contributed by atoms with Crippen LogP contribution in [-0.2, 0) is 11.2 Å². The Labute approximate surface area is 120 Å². The molecule has 4 heteroatoms. The van der Waals surface area contributed by atoms with Gasteiger partial charge in [0, 0.05) is 6.54 Å². The lowest BCUT2D eigenvalue weighted by molar-refractivity contribution is 0.0600. The first-order valence-corrected chi connectivity index (χ1v) is 7.32. The van der Waals surface area contributed by atoms with E-state index in [0.717, 1.165) is 32.6 Å². The van der Waals surface area contributed by atoms with Gasteiger partial charge in [-0.15, -0.1) is 0 Å². The summed E-state index contributed by atoms with van der Waals surface area (Å²) in [6.45, 7) is 4.21. The van der Waals surface area contributed by atoms with Gasteiger partial charge in [-0.05, 0) is 62.5 Å². The van der Waals surface area contributed by atoms with E-state index in [4.69, 9.17) is 10.5 Å². The van der Waals surface area contributed by atoms with Crippen molar-refractivity contribution in [3.63, 3.8) is 0 Å². The predicted octanol–water partition coefficient (Wildman–Crippen LogP) is 1.69. The number of carbonyl (C=O) groups excluding carboxylic acids is 1. The molecule has 1 aliphatic heterocycles. The Hall–Kier alpha value is -1.39. The number of benzene rings is 1. The average Bonchev–Trinajstić information content (AvgIpc) is 2.53. The Morgan fingerprint density at radius 2 is 1.95 bits per heavy atom. The second kappa shape index (κ2) is 7.41. The number of hydrogen-bond acceptors (Lipinski definition) is 4. The molecule has 0 radical (unpaired) electrons. The summed E-state index contributed by atoms with van der Waals surface area (Å²) in [5.74, 6) is 0.436. The van der Waals surface area contributed by atoms with Crippen LogP contribution in [0.25, 0.3) is 0 Å². The molecular formula is C16H24N2O2. The molecule has 0 aliphatic carbocycles. The first kappa shape index (κ1) is 15.0. The largest absolute Gasteiger partial charge is 0.465 e. The molecule has 0 spiro atoms. The molecule has 20 heavy (non-hydrogen) atoms. The van der Waals surface area contributed by atoms with Crippen LogP contribution in [0.15, 0.2) is 24.3 Å². The number of piperidine rings is 1. The molecule has 1 aliphatic rings. The predicted molar refractivity (Wildman–Crippen MR) is 79.7 cm³/mol. The molecule has 1 aromatic carbocycles. The van der Waals surface area contributed by atoms with E-state index in [1.54, 1.807) is 0 Å². The minimum Gasteiger partial charge on any atom is -0.465 e. The molecule has 2 rings (SSSR count). The highest BCUT2D eigenvalue weighted by atomic mass is 16.5. The number of methoxy groups -OCH3 is 1. The van der Waals surface area contributed by atoms with E-state index in [2.05, 4.69) is 4.90 Å². The van der Waals surface area contributed by atoms with E-state index in [-0.39, 0.29) is 5.97 Å². The van der Waals surface area contributed by atoms with E-state index in [1.807, 2.05) is 24.3 Å². The van der Waals surface area contributed by atoms with Crippen LogP contribution >= 0.6 is 0 Å². The van der Waals surface area contributed by atoms with Crippen LogP contribution in [0.5, 0.6) is 0 Å². The van der Waals surface area contributed by atoms with Gasteiger partial charge in [-0.3, -0.25) is 0 Å². The number of rotatable bonds is 5. The third-order valence-electron chi connectivity index (χ3n) is 4.13. The lowest BCUT2D eigenvalue weighted by atomic mass is 9.97. The highest BCUT2D eigenvalue weighted by Crippen LogP contribution is 2.16. The minimum atomic E-state index is -0.277. The summed E-state index contributed by atoms with van der Waals surface area (Å²) in [5.41, 5.74) is 7.58. The monoisotopic (exact) mass is 276 g/mol. The van der Waals surface area contributed by atoms with Crippen molar-refractivity contribution >= 4 is 5.97 Å². The second-order valence-electron chi connectivity index (χ2n) is 5.46. The Morgan fingerprint density at radius 1 is 1.30 bits per heavy atom. The van der Waals surface area contributed by atoms with Gasteiger partial charge >= 0.3 is 5.97 Å². The van der Waals surface area contributed by atoms with E-state index in [9.17, 15) is 4.79 Å². The van der Waals surface area contributed by atoms with E-state index >= 15 is 0 Å². The van der Waals surface area contributed by atoms with Gasteiger partial charge in [-0.1, -0.05) is 12.1 Å². The molecule has 0 aromatic heterocycles. The van der Waals surface area contributed by atoms with Gasteiger partial charge in [-0.25, -0.2) is 4.79 Å². The molecule has 0 bridgehead atoms. The van der Waals surface area contributed by atoms with Gasteiger partial charge < -0.3 is 15.4 Å². The molecule has 0 atom stereocenters. The van der Waals surface area contributed by atoms with Gasteiger partial charge in [-0.2, -0.15) is 0 Å². The molecule has 1 heterocycles. The molecule has 1 aromatic rings. The minimum absolute atomic E-state index is 0.277. The first-order chi connectivity index (χ1) is 9.72. The zero-order valence-corrected chi connectivity index (χ0v) is 12.2. The fourth-order valence-electron chi connectivity index (χ4n) is 2.66. The molecule has 2 N–H and O–H groups in total. The smallest absolute Gasteiger partial charge is 0.337 e. The Kier molecular flexibility index (Phi) is 5.56. The summed E-state index contributed by atoms with van der Waals surface area (Å²) in [4.78, 5) is 13.8. The molecule has 0 amide bonds. The van der Waals surface area contributed by atoms with Crippen molar-refractivity contribution in [2.24, 2.45) is 11.7 Å². The maximum Gasteiger partial charge on any atom is 0.337 e. The van der Waals surface area contributed by atoms with Crippen LogP contribution in [0.3, 0.4) is 0 Å². The van der Waals surface area contributed by atoms with E-state index in [1.165, 1.54) is 25.5 Å². The molecule has 110 valence electrons. The fourth-order valence-corrected chi connectivity index (χ4v) is 2.66. The molecule has 1 fully saturated rings. The van der Waals surface area contributed by atoms with Crippen molar-refractivity contribution in [1.82, 2.24) is 4.90 Å². The Balaban J connectivity index is 1.78. The number of esters is 1. The van der Waals surface area contributed by atoms with Crippen molar-refractivity contribution in [3.05, 3.63) is 35.4 Å². The lowest BCUT2D eigenvalue weighted by Gasteiger charge is -2.31. The van der Waals surface area contributed by atoms with Crippen molar-refractivity contribution in [3.8, 4) is 0 Å². The number of carbonyl (C=O) groups is 1. The topological polar surface area (TPSA) is 55.6 Å². The van der Waals surface area contributed by atoms with Gasteiger partial charge in [0.2, 0.25) is 0 Å². The second-order valence-corrected chi connectivity index (χ2v) is 5.46. The molecular weight excluding hydrogens is 252 g/mol. The Morgan fingerprint density at radius 3 is 2.50 bits per heavy atom. The number of nitrogens with zero attached hydrogens (tertiary/aromatic N) is 1. The number of hydrogen-bond donors (Lipinski definition) is 1. The lowest BCUT2D eigenvalue weighted by Crippen LogP contribution is -2.37. The van der Waals surface area contributed by atoms with Crippen molar-refractivity contribution in [1.29, 1.82) is 0 Å². The maximum atomic E-state index is 11.3. The number of nitrogens with two attached hydrogens (primary N) is 1. The SMILES string of the molecule is COC(=O)c1ccc(CCN2CCC(CN)CC2)cc1. The van der Waals surface area contributed by atoms with Gasteiger partial charge in [0.15, 0.2) is 0 Å². The first-order valence-electron chi connectivity index (χ1n) is 7.32. The van der Waals surface area contributed by atoms with Crippen molar-refractivity contribution in [2.45, 2.75) is 19.3 Å². The molecule has 4 nitrogen and oxygen atoms in total. The number of ether oxygens (including phenoxy) is 1. The zero-order chi connectivity index (χ0) is 14.4. The number of likely N-dealkylation sites (tertiary alicyclic amines) is 1. The van der Waals surface area contributed by atoms with Crippen LogP contribution in [0.2, 0.25) is 0 Å². The summed E-state index contributed by atoms with van der Waals surface area (Å²) in [5, 5.41) is 0.